The molecular formula is C38H51N3O5. The molecule has 0 fully saturated rings. The molecule has 0 radical (unpaired) electrons. The van der Waals surface area contributed by atoms with Crippen molar-refractivity contribution in [2.45, 2.75) is 67.2 Å². The zero-order valence-corrected chi connectivity index (χ0v) is 28.4. The van der Waals surface area contributed by atoms with Crippen LogP contribution in [-0.4, -0.2) is 72.2 Å². The molecule has 1 heterocycles. The smallest absolute Gasteiger partial charge is 0.394 e. The Morgan fingerprint density at radius 3 is 2.22 bits per heavy atom. The Hall–Kier alpha value is -4.04. The number of ether oxygens (including phenoxy) is 2. The number of carbonyl (C=O) groups is 2. The summed E-state index contributed by atoms with van der Waals surface area (Å²) in [7, 11) is 0. The Balaban J connectivity index is 1.65. The van der Waals surface area contributed by atoms with Crippen LogP contribution in [0.3, 0.4) is 0 Å². The Kier molecular flexibility index (Phi) is 12.5. The highest BCUT2D eigenvalue weighted by molar-refractivity contribution is 6.31. The number of amides is 1. The number of aliphatic carboxylic acids is 1. The summed E-state index contributed by atoms with van der Waals surface area (Å²) in [6.07, 6.45) is 1.04. The van der Waals surface area contributed by atoms with Crippen molar-refractivity contribution in [3.63, 3.8) is 0 Å². The summed E-state index contributed by atoms with van der Waals surface area (Å²) in [5, 5.41) is 9.74. The molecule has 0 aliphatic carbocycles. The Morgan fingerprint density at radius 2 is 1.54 bits per heavy atom. The average molecular weight is 630 g/mol. The van der Waals surface area contributed by atoms with Crippen molar-refractivity contribution < 1.29 is 24.2 Å². The molecule has 8 nitrogen and oxygen atoms in total. The molecule has 0 spiro atoms. The zero-order valence-electron chi connectivity index (χ0n) is 28.4. The van der Waals surface area contributed by atoms with Gasteiger partial charge in [0.1, 0.15) is 11.5 Å². The summed E-state index contributed by atoms with van der Waals surface area (Å²) >= 11 is 0. The van der Waals surface area contributed by atoms with Crippen molar-refractivity contribution in [3.8, 4) is 22.6 Å². The summed E-state index contributed by atoms with van der Waals surface area (Å²) in [6.45, 7) is 17.7. The summed E-state index contributed by atoms with van der Waals surface area (Å²) < 4.78 is 11.8. The molecule has 248 valence electrons. The van der Waals surface area contributed by atoms with Crippen molar-refractivity contribution in [2.24, 2.45) is 11.8 Å². The normalized spacial score (nSPS) is 14.7. The molecule has 0 saturated carbocycles. The first-order valence-electron chi connectivity index (χ1n) is 16.6. The zero-order chi connectivity index (χ0) is 33.2. The van der Waals surface area contributed by atoms with Crippen LogP contribution in [0.2, 0.25) is 0 Å². The molecule has 0 atom stereocenters. The van der Waals surface area contributed by atoms with Crippen LogP contribution >= 0.6 is 0 Å². The van der Waals surface area contributed by atoms with Gasteiger partial charge in [0.2, 0.25) is 0 Å². The van der Waals surface area contributed by atoms with Crippen molar-refractivity contribution >= 4 is 17.6 Å². The number of nitrogens with zero attached hydrogens (tertiary/aromatic N) is 3. The lowest BCUT2D eigenvalue weighted by molar-refractivity contribution is -0.156. The van der Waals surface area contributed by atoms with Gasteiger partial charge >= 0.3 is 11.9 Å². The van der Waals surface area contributed by atoms with Crippen LogP contribution in [0.4, 0.5) is 5.69 Å². The van der Waals surface area contributed by atoms with E-state index in [1.54, 1.807) is 0 Å². The highest BCUT2D eigenvalue weighted by atomic mass is 16.5. The SMILES string of the molecule is CC(C)COc1cccc(-c2ccc3c(c2)N(CC(C)C)CCCN(Cc2ccc(OC(C)C)cc2)CCN(C(=O)C(=O)O)C3)c1. The van der Waals surface area contributed by atoms with Gasteiger partial charge < -0.3 is 24.4 Å². The minimum absolute atomic E-state index is 0.109. The van der Waals surface area contributed by atoms with E-state index in [1.165, 1.54) is 4.90 Å². The minimum Gasteiger partial charge on any atom is -0.493 e. The van der Waals surface area contributed by atoms with Crippen molar-refractivity contribution in [1.82, 2.24) is 9.80 Å². The van der Waals surface area contributed by atoms with Crippen LogP contribution in [0.1, 0.15) is 59.1 Å². The van der Waals surface area contributed by atoms with E-state index in [-0.39, 0.29) is 12.6 Å². The van der Waals surface area contributed by atoms with Crippen molar-refractivity contribution in [3.05, 3.63) is 77.9 Å². The number of carbonyl (C=O) groups excluding carboxylic acids is 1. The third kappa shape index (κ3) is 10.2. The highest BCUT2D eigenvalue weighted by Crippen LogP contribution is 2.32. The van der Waals surface area contributed by atoms with Gasteiger partial charge in [-0.1, -0.05) is 64.1 Å². The Bertz CT molecular complexity index is 1440. The van der Waals surface area contributed by atoms with Gasteiger partial charge in [-0.25, -0.2) is 4.79 Å². The monoisotopic (exact) mass is 629 g/mol. The second-order valence-corrected chi connectivity index (χ2v) is 13.4. The molecule has 1 N–H and O–H groups in total. The number of fused-ring (bicyclic) bond motifs is 1. The van der Waals surface area contributed by atoms with E-state index in [9.17, 15) is 14.7 Å². The van der Waals surface area contributed by atoms with Crippen LogP contribution in [0.5, 0.6) is 11.5 Å². The molecule has 0 unspecified atom stereocenters. The number of carboxylic acid groups (broad SMARTS) is 1. The molecule has 4 rings (SSSR count). The highest BCUT2D eigenvalue weighted by Gasteiger charge is 2.25. The molecule has 3 aromatic rings. The van der Waals surface area contributed by atoms with Crippen LogP contribution in [-0.2, 0) is 22.7 Å². The average Bonchev–Trinajstić information content (AvgIpc) is 3.04. The van der Waals surface area contributed by atoms with Gasteiger partial charge in [-0.2, -0.15) is 0 Å². The Morgan fingerprint density at radius 1 is 0.804 bits per heavy atom. The third-order valence-corrected chi connectivity index (χ3v) is 7.88. The Labute approximate surface area is 274 Å². The number of hydrogen-bond donors (Lipinski definition) is 1. The molecule has 1 amide bonds. The molecule has 0 saturated heterocycles. The molecule has 8 heteroatoms. The first-order valence-corrected chi connectivity index (χ1v) is 16.6. The first-order chi connectivity index (χ1) is 22.0. The fourth-order valence-electron chi connectivity index (χ4n) is 5.77. The molecule has 0 aromatic heterocycles. The molecule has 1 aliphatic heterocycles. The standard InChI is InChI=1S/C38H51N3O5/c1-27(2)23-40-18-8-17-39(24-30-11-15-34(16-12-30)46-29(5)6)19-20-41(37(42)38(43)44)25-33-14-13-32(22-36(33)40)31-9-7-10-35(21-31)45-26-28(3)4/h7,9-16,21-22,27-29H,8,17-20,23-26H2,1-6H3,(H,43,44). The maximum atomic E-state index is 13.0. The second kappa shape index (κ2) is 16.5. The predicted octanol–water partition coefficient (Wildman–Crippen LogP) is 6.96. The van der Waals surface area contributed by atoms with E-state index < -0.39 is 11.9 Å². The minimum atomic E-state index is -1.43. The van der Waals surface area contributed by atoms with E-state index in [4.69, 9.17) is 9.47 Å². The largest absolute Gasteiger partial charge is 0.493 e. The predicted molar refractivity (Wildman–Crippen MR) is 184 cm³/mol. The molecule has 3 aromatic carbocycles. The lowest BCUT2D eigenvalue weighted by Gasteiger charge is -2.30. The van der Waals surface area contributed by atoms with Crippen molar-refractivity contribution in [2.75, 3.05) is 44.2 Å². The fourth-order valence-corrected chi connectivity index (χ4v) is 5.77. The van der Waals surface area contributed by atoms with Gasteiger partial charge in [0, 0.05) is 51.5 Å². The number of benzene rings is 3. The van der Waals surface area contributed by atoms with E-state index >= 15 is 0 Å². The molecule has 1 aliphatic rings. The second-order valence-electron chi connectivity index (χ2n) is 13.4. The fraction of sp³-hybridized carbons (Fsp3) is 0.474. The van der Waals surface area contributed by atoms with E-state index in [2.05, 4.69) is 80.0 Å². The van der Waals surface area contributed by atoms with Gasteiger partial charge in [0.15, 0.2) is 0 Å². The van der Waals surface area contributed by atoms with Gasteiger partial charge in [-0.05, 0) is 84.7 Å². The summed E-state index contributed by atoms with van der Waals surface area (Å²) in [4.78, 5) is 31.2. The lowest BCUT2D eigenvalue weighted by atomic mass is 10.00. The molecule has 46 heavy (non-hydrogen) atoms. The maximum absolute atomic E-state index is 13.0. The number of anilines is 1. The van der Waals surface area contributed by atoms with Crippen LogP contribution < -0.4 is 14.4 Å². The maximum Gasteiger partial charge on any atom is 0.394 e. The number of carboxylic acids is 1. The van der Waals surface area contributed by atoms with Gasteiger partial charge in [0.25, 0.3) is 0 Å². The topological polar surface area (TPSA) is 82.5 Å². The van der Waals surface area contributed by atoms with Gasteiger partial charge in [-0.3, -0.25) is 9.69 Å². The summed E-state index contributed by atoms with van der Waals surface area (Å²) in [5.41, 5.74) is 5.24. The molecular weight excluding hydrogens is 578 g/mol. The third-order valence-electron chi connectivity index (χ3n) is 7.88. The van der Waals surface area contributed by atoms with Crippen LogP contribution in [0.15, 0.2) is 66.7 Å². The summed E-state index contributed by atoms with van der Waals surface area (Å²) in [6, 6.07) is 22.6. The lowest BCUT2D eigenvalue weighted by Crippen LogP contribution is -2.41. The van der Waals surface area contributed by atoms with Gasteiger partial charge in [-0.15, -0.1) is 0 Å². The van der Waals surface area contributed by atoms with Gasteiger partial charge in [0.05, 0.1) is 12.7 Å². The summed E-state index contributed by atoms with van der Waals surface area (Å²) in [5.74, 6) is 0.202. The van der Waals surface area contributed by atoms with Crippen LogP contribution in [0.25, 0.3) is 11.1 Å². The van der Waals surface area contributed by atoms with E-state index in [0.29, 0.717) is 38.1 Å². The van der Waals surface area contributed by atoms with Crippen LogP contribution in [0, 0.1) is 11.8 Å². The van der Waals surface area contributed by atoms with Crippen molar-refractivity contribution in [1.29, 1.82) is 0 Å². The molecule has 0 bridgehead atoms. The number of hydrogen-bond acceptors (Lipinski definition) is 6. The quantitative estimate of drug-likeness (QED) is 0.243. The van der Waals surface area contributed by atoms with E-state index in [1.807, 2.05) is 38.1 Å². The first kappa shape index (κ1) is 34.8. The number of rotatable bonds is 10. The van der Waals surface area contributed by atoms with E-state index in [0.717, 1.165) is 65.5 Å².